The third kappa shape index (κ3) is 5.22. The molecule has 0 radical (unpaired) electrons. The summed E-state index contributed by atoms with van der Waals surface area (Å²) >= 11 is 0. The Bertz CT molecular complexity index is 527. The van der Waals surface area contributed by atoms with Crippen LogP contribution in [-0.2, 0) is 16.0 Å². The van der Waals surface area contributed by atoms with Gasteiger partial charge in [-0.1, -0.05) is 6.92 Å². The second-order valence-electron chi connectivity index (χ2n) is 7.09. The van der Waals surface area contributed by atoms with E-state index in [-0.39, 0.29) is 11.7 Å². The van der Waals surface area contributed by atoms with Crippen molar-refractivity contribution in [1.82, 2.24) is 9.47 Å². The highest BCUT2D eigenvalue weighted by Gasteiger charge is 2.21. The van der Waals surface area contributed by atoms with Crippen LogP contribution in [0, 0.1) is 5.92 Å². The zero-order chi connectivity index (χ0) is 16.8. The lowest BCUT2D eigenvalue weighted by Crippen LogP contribution is -2.29. The van der Waals surface area contributed by atoms with Crippen molar-refractivity contribution in [2.45, 2.75) is 64.8 Å². The van der Waals surface area contributed by atoms with Crippen LogP contribution in [0.25, 0.3) is 0 Å². The van der Waals surface area contributed by atoms with Gasteiger partial charge in [0.05, 0.1) is 0 Å². The van der Waals surface area contributed by atoms with Crippen LogP contribution in [0.1, 0.15) is 64.1 Å². The summed E-state index contributed by atoms with van der Waals surface area (Å²) in [6, 6.07) is 4.91. The molecule has 0 aliphatic heterocycles. The fourth-order valence-corrected chi connectivity index (χ4v) is 3.40. The number of carbonyl (C=O) groups excluding carboxylic acids is 2. The summed E-state index contributed by atoms with van der Waals surface area (Å²) in [4.78, 5) is 24.7. The Kier molecular flexibility index (Phi) is 6.43. The fourth-order valence-electron chi connectivity index (χ4n) is 3.40. The van der Waals surface area contributed by atoms with E-state index in [0.29, 0.717) is 25.4 Å². The zero-order valence-electron chi connectivity index (χ0n) is 14.8. The largest absolute Gasteiger partial charge is 0.348 e. The van der Waals surface area contributed by atoms with Gasteiger partial charge in [0.25, 0.3) is 0 Å². The molecule has 128 valence electrons. The smallest absolute Gasteiger partial charge is 0.222 e. The van der Waals surface area contributed by atoms with Gasteiger partial charge in [0.15, 0.2) is 0 Å². The summed E-state index contributed by atoms with van der Waals surface area (Å²) in [5, 5.41) is 0. The van der Waals surface area contributed by atoms with Gasteiger partial charge in [-0.15, -0.1) is 0 Å². The number of aromatic nitrogens is 1. The molecule has 1 aliphatic rings. The van der Waals surface area contributed by atoms with E-state index in [0.717, 1.165) is 12.3 Å². The van der Waals surface area contributed by atoms with Crippen LogP contribution in [0.4, 0.5) is 0 Å². The van der Waals surface area contributed by atoms with Crippen LogP contribution < -0.4 is 0 Å². The van der Waals surface area contributed by atoms with E-state index in [4.69, 9.17) is 0 Å². The van der Waals surface area contributed by atoms with E-state index in [1.165, 1.54) is 38.3 Å². The maximum Gasteiger partial charge on any atom is 0.222 e. The minimum absolute atomic E-state index is 0.0600. The van der Waals surface area contributed by atoms with Crippen molar-refractivity contribution < 1.29 is 9.59 Å². The first-order valence-electron chi connectivity index (χ1n) is 8.86. The Hall–Kier alpha value is -1.58. The van der Waals surface area contributed by atoms with Gasteiger partial charge in [0.2, 0.25) is 5.91 Å². The van der Waals surface area contributed by atoms with Crippen molar-refractivity contribution in [2.75, 3.05) is 13.6 Å². The van der Waals surface area contributed by atoms with Crippen LogP contribution in [0.3, 0.4) is 0 Å². The molecule has 2 rings (SSSR count). The van der Waals surface area contributed by atoms with Crippen molar-refractivity contribution in [2.24, 2.45) is 5.92 Å². The number of carbonyl (C=O) groups is 2. The van der Waals surface area contributed by atoms with Gasteiger partial charge in [0.1, 0.15) is 5.78 Å². The topological polar surface area (TPSA) is 42.3 Å². The average molecular weight is 318 g/mol. The molecule has 0 saturated heterocycles. The molecule has 0 aromatic carbocycles. The molecule has 0 spiro atoms. The van der Waals surface area contributed by atoms with Crippen molar-refractivity contribution in [3.8, 4) is 0 Å². The van der Waals surface area contributed by atoms with Crippen LogP contribution in [-0.4, -0.2) is 34.7 Å². The van der Waals surface area contributed by atoms with E-state index in [1.807, 2.05) is 7.05 Å². The van der Waals surface area contributed by atoms with Gasteiger partial charge in [-0.2, -0.15) is 0 Å². The van der Waals surface area contributed by atoms with Gasteiger partial charge in [0, 0.05) is 50.8 Å². The van der Waals surface area contributed by atoms with Gasteiger partial charge in [-0.05, 0) is 50.7 Å². The Morgan fingerprint density at radius 2 is 1.91 bits per heavy atom. The van der Waals surface area contributed by atoms with Crippen LogP contribution >= 0.6 is 0 Å². The van der Waals surface area contributed by atoms with Gasteiger partial charge < -0.3 is 14.3 Å². The highest BCUT2D eigenvalue weighted by molar-refractivity contribution is 5.83. The summed E-state index contributed by atoms with van der Waals surface area (Å²) in [7, 11) is 1.83. The summed E-state index contributed by atoms with van der Waals surface area (Å²) < 4.78 is 2.42. The second kappa shape index (κ2) is 8.32. The first-order valence-corrected chi connectivity index (χ1v) is 8.86. The Balaban J connectivity index is 1.85. The first kappa shape index (κ1) is 17.8. The Morgan fingerprint density at radius 3 is 2.57 bits per heavy atom. The fraction of sp³-hybridized carbons (Fsp3) is 0.684. The van der Waals surface area contributed by atoms with Crippen molar-refractivity contribution in [1.29, 1.82) is 0 Å². The molecule has 1 fully saturated rings. The molecule has 1 aromatic heterocycles. The van der Waals surface area contributed by atoms with E-state index in [2.05, 4.69) is 29.8 Å². The van der Waals surface area contributed by atoms with Crippen LogP contribution in [0.15, 0.2) is 18.3 Å². The number of ketones is 1. The highest BCUT2D eigenvalue weighted by atomic mass is 16.2. The predicted molar refractivity (Wildman–Crippen MR) is 92.4 cm³/mol. The molecule has 1 aromatic rings. The molecule has 4 heteroatoms. The highest BCUT2D eigenvalue weighted by Crippen LogP contribution is 2.32. The SMILES string of the molecule is CC(=O)CCC(=O)N(C)CCc1cccn1C1CCC(C)CC1. The molecular formula is C19H30N2O2. The molecule has 0 N–H and O–H groups in total. The number of Topliss-reactive ketones (excluding diaryl/α,β-unsaturated/α-hetero) is 1. The number of rotatable bonds is 7. The minimum Gasteiger partial charge on any atom is -0.348 e. The summed E-state index contributed by atoms with van der Waals surface area (Å²) in [6.07, 6.45) is 8.88. The molecule has 0 atom stereocenters. The lowest BCUT2D eigenvalue weighted by Gasteiger charge is -2.29. The monoisotopic (exact) mass is 318 g/mol. The summed E-state index contributed by atoms with van der Waals surface area (Å²) in [5.74, 6) is 0.993. The number of hydrogen-bond acceptors (Lipinski definition) is 2. The standard InChI is InChI=1S/C19H30N2O2/c1-15-6-9-18(10-7-15)21-13-4-5-17(21)12-14-20(3)19(23)11-8-16(2)22/h4-5,13,15,18H,6-12,14H2,1-3H3. The number of likely N-dealkylation sites (N-methyl/N-ethyl adjacent to an activating group) is 1. The lowest BCUT2D eigenvalue weighted by atomic mass is 9.87. The van der Waals surface area contributed by atoms with Crippen LogP contribution in [0.2, 0.25) is 0 Å². The molecule has 1 aliphatic carbocycles. The Morgan fingerprint density at radius 1 is 1.22 bits per heavy atom. The second-order valence-corrected chi connectivity index (χ2v) is 7.09. The molecule has 4 nitrogen and oxygen atoms in total. The third-order valence-electron chi connectivity index (χ3n) is 5.07. The zero-order valence-corrected chi connectivity index (χ0v) is 14.8. The van der Waals surface area contributed by atoms with Gasteiger partial charge >= 0.3 is 0 Å². The third-order valence-corrected chi connectivity index (χ3v) is 5.07. The lowest BCUT2D eigenvalue weighted by molar-refractivity contribution is -0.131. The number of amides is 1. The number of nitrogens with zero attached hydrogens (tertiary/aromatic N) is 2. The predicted octanol–water partition coefficient (Wildman–Crippen LogP) is 3.61. The average Bonchev–Trinajstić information content (AvgIpc) is 2.99. The van der Waals surface area contributed by atoms with E-state index >= 15 is 0 Å². The minimum atomic E-state index is 0.0600. The Labute approximate surface area is 139 Å². The van der Waals surface area contributed by atoms with Crippen LogP contribution in [0.5, 0.6) is 0 Å². The molecule has 0 bridgehead atoms. The quantitative estimate of drug-likeness (QED) is 0.771. The van der Waals surface area contributed by atoms with E-state index in [9.17, 15) is 9.59 Å². The summed E-state index contributed by atoms with van der Waals surface area (Å²) in [6.45, 7) is 4.59. The summed E-state index contributed by atoms with van der Waals surface area (Å²) in [5.41, 5.74) is 1.32. The van der Waals surface area contributed by atoms with Crippen molar-refractivity contribution in [3.63, 3.8) is 0 Å². The molecular weight excluding hydrogens is 288 g/mol. The van der Waals surface area contributed by atoms with Crippen molar-refractivity contribution in [3.05, 3.63) is 24.0 Å². The normalized spacial score (nSPS) is 21.2. The maximum absolute atomic E-state index is 12.0. The molecule has 1 heterocycles. The van der Waals surface area contributed by atoms with E-state index in [1.54, 1.807) is 4.90 Å². The first-order chi connectivity index (χ1) is 11.0. The van der Waals surface area contributed by atoms with Gasteiger partial charge in [-0.25, -0.2) is 0 Å². The molecule has 1 saturated carbocycles. The van der Waals surface area contributed by atoms with Gasteiger partial charge in [-0.3, -0.25) is 4.79 Å². The number of hydrogen-bond donors (Lipinski definition) is 0. The van der Waals surface area contributed by atoms with E-state index < -0.39 is 0 Å². The van der Waals surface area contributed by atoms with Crippen molar-refractivity contribution >= 4 is 11.7 Å². The molecule has 23 heavy (non-hydrogen) atoms. The molecule has 0 unspecified atom stereocenters. The maximum atomic E-state index is 12.0. The molecule has 1 amide bonds.